The van der Waals surface area contributed by atoms with Crippen molar-refractivity contribution in [1.82, 2.24) is 4.90 Å². The molecule has 5 rings (SSSR count). The highest BCUT2D eigenvalue weighted by Crippen LogP contribution is 2.63. The average Bonchev–Trinajstić information content (AvgIpc) is 3.43. The number of hydrogen-bond acceptors (Lipinski definition) is 5. The minimum Gasteiger partial charge on any atom is -0.394 e. The molecule has 2 unspecified atom stereocenters. The minimum absolute atomic E-state index is 0.112. The summed E-state index contributed by atoms with van der Waals surface area (Å²) in [7, 11) is 0. The van der Waals surface area contributed by atoms with Crippen LogP contribution >= 0.6 is 0 Å². The molecule has 8 heteroatoms. The van der Waals surface area contributed by atoms with E-state index in [2.05, 4.69) is 10.6 Å². The summed E-state index contributed by atoms with van der Waals surface area (Å²) in [5.74, 6) is -2.66. The molecule has 3 amide bonds. The molecule has 3 saturated heterocycles. The van der Waals surface area contributed by atoms with Gasteiger partial charge in [0, 0.05) is 11.4 Å². The number of likely N-dealkylation sites (tertiary alicyclic amines) is 1. The van der Waals surface area contributed by atoms with Crippen molar-refractivity contribution in [1.29, 1.82) is 0 Å². The number of rotatable bonds is 7. The van der Waals surface area contributed by atoms with E-state index in [-0.39, 0.29) is 30.2 Å². The number of anilines is 2. The number of carbonyl (C=O) groups excluding carboxylic acids is 3. The summed E-state index contributed by atoms with van der Waals surface area (Å²) in [4.78, 5) is 43.6. The third kappa shape index (κ3) is 3.93. The number of hydrogen-bond donors (Lipinski definition) is 3. The van der Waals surface area contributed by atoms with E-state index in [1.165, 1.54) is 4.90 Å². The minimum atomic E-state index is -1.16. The van der Waals surface area contributed by atoms with Crippen molar-refractivity contribution in [3.05, 3.63) is 59.7 Å². The number of para-hydroxylation sites is 2. The van der Waals surface area contributed by atoms with Crippen molar-refractivity contribution in [2.45, 2.75) is 70.7 Å². The first-order chi connectivity index (χ1) is 18.0. The lowest BCUT2D eigenvalue weighted by atomic mass is 9.66. The number of fused-ring (bicyclic) bond motifs is 1. The van der Waals surface area contributed by atoms with E-state index >= 15 is 0 Å². The number of nitrogens with one attached hydrogen (secondary N) is 2. The summed E-state index contributed by atoms with van der Waals surface area (Å²) in [5, 5.41) is 16.4. The third-order valence-corrected chi connectivity index (χ3v) is 8.83. The maximum absolute atomic E-state index is 14.3. The summed E-state index contributed by atoms with van der Waals surface area (Å²) in [6, 6.07) is 13.3. The standard InChI is InChI=1S/C30H37N3O5/c1-17(2)21(16-34)33-25(27(36)32-24-18(3)10-9-11-19(24)4)30-15-14-29(5,38-30)22(23(30)28(33)37)26(35)31-20-12-7-6-8-13-20/h6-13,17,21-23,25,34H,14-16H2,1-5H3,(H,31,35)(H,32,36)/t21-,22+,23-,25?,29-,30?/m0/s1. The largest absolute Gasteiger partial charge is 0.394 e. The van der Waals surface area contributed by atoms with Gasteiger partial charge < -0.3 is 25.4 Å². The van der Waals surface area contributed by atoms with Gasteiger partial charge in [-0.1, -0.05) is 50.2 Å². The lowest BCUT2D eigenvalue weighted by Crippen LogP contribution is -2.57. The Kier molecular flexibility index (Phi) is 6.60. The zero-order chi connectivity index (χ0) is 27.4. The highest BCUT2D eigenvalue weighted by Gasteiger charge is 2.78. The molecule has 0 saturated carbocycles. The number of aliphatic hydroxyl groups excluding tert-OH is 1. The third-order valence-electron chi connectivity index (χ3n) is 8.83. The molecular formula is C30H37N3O5. The molecule has 38 heavy (non-hydrogen) atoms. The Morgan fingerprint density at radius 1 is 1.03 bits per heavy atom. The molecule has 2 aromatic rings. The van der Waals surface area contributed by atoms with Crippen LogP contribution in [-0.4, -0.2) is 57.6 Å². The van der Waals surface area contributed by atoms with Gasteiger partial charge >= 0.3 is 0 Å². The van der Waals surface area contributed by atoms with Crippen molar-refractivity contribution in [2.24, 2.45) is 17.8 Å². The predicted molar refractivity (Wildman–Crippen MR) is 144 cm³/mol. The number of amides is 3. The van der Waals surface area contributed by atoms with Crippen molar-refractivity contribution < 1.29 is 24.2 Å². The van der Waals surface area contributed by atoms with Crippen LogP contribution in [0.5, 0.6) is 0 Å². The molecule has 3 aliphatic heterocycles. The van der Waals surface area contributed by atoms with Gasteiger partial charge in [0.2, 0.25) is 17.7 Å². The van der Waals surface area contributed by atoms with Crippen LogP contribution in [0.25, 0.3) is 0 Å². The number of aliphatic hydroxyl groups is 1. The first kappa shape index (κ1) is 26.4. The van der Waals surface area contributed by atoms with E-state index in [1.807, 2.05) is 71.0 Å². The van der Waals surface area contributed by atoms with Crippen LogP contribution < -0.4 is 10.6 Å². The maximum Gasteiger partial charge on any atom is 0.250 e. The van der Waals surface area contributed by atoms with Gasteiger partial charge in [-0.2, -0.15) is 0 Å². The molecule has 1 spiro atoms. The van der Waals surface area contributed by atoms with Gasteiger partial charge in [-0.15, -0.1) is 0 Å². The highest BCUT2D eigenvalue weighted by molar-refractivity contribution is 6.05. The Morgan fingerprint density at radius 2 is 1.68 bits per heavy atom. The quantitative estimate of drug-likeness (QED) is 0.518. The monoisotopic (exact) mass is 519 g/mol. The Bertz CT molecular complexity index is 1240. The molecule has 0 radical (unpaired) electrons. The van der Waals surface area contributed by atoms with Gasteiger partial charge in [0.15, 0.2) is 0 Å². The van der Waals surface area contributed by atoms with Gasteiger partial charge in [0.1, 0.15) is 11.6 Å². The Balaban J connectivity index is 1.57. The molecule has 202 valence electrons. The van der Waals surface area contributed by atoms with Gasteiger partial charge in [-0.3, -0.25) is 14.4 Å². The predicted octanol–water partition coefficient (Wildman–Crippen LogP) is 3.66. The highest BCUT2D eigenvalue weighted by atomic mass is 16.5. The first-order valence-electron chi connectivity index (χ1n) is 13.4. The normalized spacial score (nSPS) is 30.4. The molecule has 0 aromatic heterocycles. The first-order valence-corrected chi connectivity index (χ1v) is 13.4. The molecular weight excluding hydrogens is 482 g/mol. The molecule has 0 aliphatic carbocycles. The molecule has 3 aliphatic rings. The Morgan fingerprint density at radius 3 is 2.29 bits per heavy atom. The molecule has 3 heterocycles. The van der Waals surface area contributed by atoms with Gasteiger partial charge in [-0.05, 0) is 62.8 Å². The van der Waals surface area contributed by atoms with E-state index in [9.17, 15) is 19.5 Å². The van der Waals surface area contributed by atoms with E-state index in [4.69, 9.17) is 4.74 Å². The SMILES string of the molecule is Cc1cccc(C)c1NC(=O)C1N([C@@H](CO)C(C)C)C(=O)[C@@H]2[C@H](C(=O)Nc3ccccc3)[C@]3(C)CCC12O3. The summed E-state index contributed by atoms with van der Waals surface area (Å²) in [5.41, 5.74) is 1.12. The zero-order valence-corrected chi connectivity index (χ0v) is 22.7. The fourth-order valence-corrected chi connectivity index (χ4v) is 6.99. The molecule has 3 N–H and O–H groups in total. The summed E-state index contributed by atoms with van der Waals surface area (Å²) in [6.45, 7) is 9.26. The van der Waals surface area contributed by atoms with Crippen molar-refractivity contribution in [3.63, 3.8) is 0 Å². The van der Waals surface area contributed by atoms with E-state index in [1.54, 1.807) is 12.1 Å². The Labute approximate surface area is 223 Å². The lowest BCUT2D eigenvalue weighted by Gasteiger charge is -2.38. The number of aryl methyl sites for hydroxylation is 2. The fourth-order valence-electron chi connectivity index (χ4n) is 6.99. The second-order valence-corrected chi connectivity index (χ2v) is 11.6. The Hall–Kier alpha value is -3.23. The van der Waals surface area contributed by atoms with Crippen LogP contribution in [0.15, 0.2) is 48.5 Å². The second kappa shape index (κ2) is 9.50. The van der Waals surface area contributed by atoms with Crippen molar-refractivity contribution in [3.8, 4) is 0 Å². The van der Waals surface area contributed by atoms with Crippen LogP contribution in [0.3, 0.4) is 0 Å². The van der Waals surface area contributed by atoms with Crippen LogP contribution in [0, 0.1) is 31.6 Å². The maximum atomic E-state index is 14.3. The van der Waals surface area contributed by atoms with Crippen molar-refractivity contribution >= 4 is 29.1 Å². The number of benzene rings is 2. The van der Waals surface area contributed by atoms with Gasteiger partial charge in [0.05, 0.1) is 30.1 Å². The van der Waals surface area contributed by atoms with E-state index < -0.39 is 35.1 Å². The molecule has 3 fully saturated rings. The lowest BCUT2D eigenvalue weighted by molar-refractivity contribution is -0.148. The molecule has 8 nitrogen and oxygen atoms in total. The van der Waals surface area contributed by atoms with E-state index in [0.717, 1.165) is 11.1 Å². The smallest absolute Gasteiger partial charge is 0.250 e. The second-order valence-electron chi connectivity index (χ2n) is 11.6. The molecule has 2 aromatic carbocycles. The average molecular weight is 520 g/mol. The van der Waals surface area contributed by atoms with Gasteiger partial charge in [-0.25, -0.2) is 0 Å². The van der Waals surface area contributed by atoms with Crippen LogP contribution in [0.2, 0.25) is 0 Å². The summed E-state index contributed by atoms with van der Waals surface area (Å²) in [6.07, 6.45) is 1.03. The molecule has 2 bridgehead atoms. The van der Waals surface area contributed by atoms with Crippen LogP contribution in [0.1, 0.15) is 44.7 Å². The molecule has 6 atom stereocenters. The number of nitrogens with zero attached hydrogens (tertiary/aromatic N) is 1. The fraction of sp³-hybridized carbons (Fsp3) is 0.500. The van der Waals surface area contributed by atoms with Crippen LogP contribution in [0.4, 0.5) is 11.4 Å². The number of carbonyl (C=O) groups is 3. The van der Waals surface area contributed by atoms with E-state index in [0.29, 0.717) is 24.2 Å². The zero-order valence-electron chi connectivity index (χ0n) is 22.7. The summed E-state index contributed by atoms with van der Waals surface area (Å²) >= 11 is 0. The van der Waals surface area contributed by atoms with Crippen molar-refractivity contribution in [2.75, 3.05) is 17.2 Å². The topological polar surface area (TPSA) is 108 Å². The van der Waals surface area contributed by atoms with Gasteiger partial charge in [0.25, 0.3) is 0 Å². The van der Waals surface area contributed by atoms with Crippen LogP contribution in [-0.2, 0) is 19.1 Å². The summed E-state index contributed by atoms with van der Waals surface area (Å²) < 4.78 is 6.68. The number of ether oxygens (including phenoxy) is 1.